The number of fused-ring (bicyclic) bond motifs is 1. The zero-order valence-electron chi connectivity index (χ0n) is 9.43. The minimum Gasteiger partial charge on any atom is -0.393 e. The second kappa shape index (κ2) is 4.35. The van der Waals surface area contributed by atoms with Crippen LogP contribution in [0.2, 0.25) is 0 Å². The van der Waals surface area contributed by atoms with Crippen molar-refractivity contribution in [3.63, 3.8) is 0 Å². The summed E-state index contributed by atoms with van der Waals surface area (Å²) in [5, 5.41) is 12.2. The molecule has 0 bridgehead atoms. The minimum absolute atomic E-state index is 0.00476. The molecule has 1 saturated carbocycles. The van der Waals surface area contributed by atoms with E-state index in [4.69, 9.17) is 0 Å². The molecular formula is C13H15NO2S. The molecule has 3 rings (SSSR count). The van der Waals surface area contributed by atoms with Gasteiger partial charge < -0.3 is 10.4 Å². The van der Waals surface area contributed by atoms with Crippen molar-refractivity contribution in [1.29, 1.82) is 0 Å². The summed E-state index contributed by atoms with van der Waals surface area (Å²) in [6.45, 7) is 0. The normalized spacial score (nSPS) is 30.5. The van der Waals surface area contributed by atoms with E-state index < -0.39 is 0 Å². The lowest BCUT2D eigenvalue weighted by Gasteiger charge is -2.32. The molecular weight excluding hydrogens is 234 g/mol. The Hall–Kier alpha value is -1.00. The van der Waals surface area contributed by atoms with Crippen molar-refractivity contribution in [2.45, 2.75) is 41.6 Å². The number of aliphatic hydroxyl groups is 1. The molecule has 4 heteroatoms. The van der Waals surface area contributed by atoms with Gasteiger partial charge in [0, 0.05) is 10.9 Å². The molecule has 1 aliphatic heterocycles. The fourth-order valence-corrected chi connectivity index (χ4v) is 3.53. The van der Waals surface area contributed by atoms with Crippen LogP contribution in [0.3, 0.4) is 0 Å². The second-order valence-electron chi connectivity index (χ2n) is 4.75. The molecule has 1 amide bonds. The fraction of sp³-hybridized carbons (Fsp3) is 0.462. The molecule has 2 N–H and O–H groups in total. The van der Waals surface area contributed by atoms with Crippen LogP contribution >= 0.6 is 11.8 Å². The highest BCUT2D eigenvalue weighted by Gasteiger charge is 2.33. The van der Waals surface area contributed by atoms with E-state index in [1.54, 1.807) is 11.8 Å². The molecule has 2 aliphatic rings. The van der Waals surface area contributed by atoms with E-state index in [0.717, 1.165) is 6.42 Å². The average Bonchev–Trinajstić information content (AvgIpc) is 2.70. The summed E-state index contributed by atoms with van der Waals surface area (Å²) in [5.41, 5.74) is 1.27. The Labute approximate surface area is 105 Å². The van der Waals surface area contributed by atoms with E-state index in [0.29, 0.717) is 12.8 Å². The molecule has 0 saturated heterocycles. The highest BCUT2D eigenvalue weighted by Crippen LogP contribution is 2.37. The lowest BCUT2D eigenvalue weighted by molar-refractivity contribution is -0.122. The summed E-state index contributed by atoms with van der Waals surface area (Å²) in [6.07, 6.45) is 2.02. The monoisotopic (exact) mass is 249 g/mol. The number of rotatable bonds is 2. The number of thioether (sulfide) groups is 1. The molecule has 1 aromatic rings. The van der Waals surface area contributed by atoms with Crippen LogP contribution in [-0.2, 0) is 11.2 Å². The van der Waals surface area contributed by atoms with Gasteiger partial charge in [-0.25, -0.2) is 0 Å². The fourth-order valence-electron chi connectivity index (χ4n) is 2.33. The number of amides is 1. The topological polar surface area (TPSA) is 49.3 Å². The van der Waals surface area contributed by atoms with E-state index in [-0.39, 0.29) is 23.3 Å². The highest BCUT2D eigenvalue weighted by molar-refractivity contribution is 8.01. The number of benzene rings is 1. The molecule has 0 radical (unpaired) electrons. The number of nitrogens with one attached hydrogen (secondary N) is 1. The van der Waals surface area contributed by atoms with Gasteiger partial charge in [-0.2, -0.15) is 0 Å². The van der Waals surface area contributed by atoms with Crippen LogP contribution < -0.4 is 5.32 Å². The number of carbonyl (C=O) groups excluding carboxylic acids is 1. The van der Waals surface area contributed by atoms with Crippen LogP contribution in [0.4, 0.5) is 0 Å². The first-order valence-corrected chi connectivity index (χ1v) is 6.83. The third kappa shape index (κ3) is 2.19. The van der Waals surface area contributed by atoms with Gasteiger partial charge in [0.1, 0.15) is 0 Å². The lowest BCUT2D eigenvalue weighted by Crippen LogP contribution is -2.49. The van der Waals surface area contributed by atoms with Crippen molar-refractivity contribution >= 4 is 17.7 Å². The molecule has 3 nitrogen and oxygen atoms in total. The minimum atomic E-state index is -0.214. The zero-order chi connectivity index (χ0) is 11.8. The van der Waals surface area contributed by atoms with Gasteiger partial charge in [-0.15, -0.1) is 11.8 Å². The Morgan fingerprint density at radius 2 is 2.12 bits per heavy atom. The van der Waals surface area contributed by atoms with Crippen molar-refractivity contribution in [2.75, 3.05) is 0 Å². The predicted molar refractivity (Wildman–Crippen MR) is 67.0 cm³/mol. The van der Waals surface area contributed by atoms with E-state index in [2.05, 4.69) is 17.4 Å². The molecule has 1 fully saturated rings. The van der Waals surface area contributed by atoms with Crippen molar-refractivity contribution < 1.29 is 9.90 Å². The van der Waals surface area contributed by atoms with Gasteiger partial charge in [0.2, 0.25) is 5.91 Å². The van der Waals surface area contributed by atoms with Gasteiger partial charge in [0.05, 0.1) is 11.4 Å². The zero-order valence-corrected chi connectivity index (χ0v) is 10.2. The van der Waals surface area contributed by atoms with E-state index >= 15 is 0 Å². The molecule has 0 spiro atoms. The molecule has 1 heterocycles. The van der Waals surface area contributed by atoms with Crippen molar-refractivity contribution in [3.05, 3.63) is 29.8 Å². The molecule has 1 unspecified atom stereocenters. The number of hydrogen-bond acceptors (Lipinski definition) is 3. The van der Waals surface area contributed by atoms with Crippen molar-refractivity contribution in [1.82, 2.24) is 5.32 Å². The first-order chi connectivity index (χ1) is 8.22. The van der Waals surface area contributed by atoms with Crippen LogP contribution in [0.1, 0.15) is 18.4 Å². The smallest absolute Gasteiger partial charge is 0.234 e. The Kier molecular flexibility index (Phi) is 2.84. The molecule has 1 aromatic carbocycles. The summed E-state index contributed by atoms with van der Waals surface area (Å²) in [7, 11) is 0. The Morgan fingerprint density at radius 3 is 2.82 bits per heavy atom. The average molecular weight is 249 g/mol. The van der Waals surface area contributed by atoms with Crippen LogP contribution in [-0.4, -0.2) is 28.4 Å². The maximum atomic E-state index is 12.0. The SMILES string of the molecule is O=C(NC1CC(O)C1)C1Cc2ccccc2S1. The number of carbonyl (C=O) groups is 1. The van der Waals surface area contributed by atoms with E-state index in [1.807, 2.05) is 12.1 Å². The summed E-state index contributed by atoms with van der Waals surface area (Å²) in [5.74, 6) is 0.114. The Bertz CT molecular complexity index is 418. The second-order valence-corrected chi connectivity index (χ2v) is 5.99. The number of aliphatic hydroxyl groups excluding tert-OH is 1. The van der Waals surface area contributed by atoms with Crippen molar-refractivity contribution in [3.8, 4) is 0 Å². The van der Waals surface area contributed by atoms with Gasteiger partial charge in [-0.05, 0) is 30.9 Å². The first-order valence-electron chi connectivity index (χ1n) is 5.95. The molecule has 17 heavy (non-hydrogen) atoms. The van der Waals surface area contributed by atoms with E-state index in [9.17, 15) is 9.90 Å². The Balaban J connectivity index is 1.59. The summed E-state index contributed by atoms with van der Waals surface area (Å²) in [4.78, 5) is 13.2. The van der Waals surface area contributed by atoms with Gasteiger partial charge >= 0.3 is 0 Å². The third-order valence-corrected chi connectivity index (χ3v) is 4.72. The van der Waals surface area contributed by atoms with Gasteiger partial charge in [-0.3, -0.25) is 4.79 Å². The van der Waals surface area contributed by atoms with Crippen LogP contribution in [0, 0.1) is 0 Å². The van der Waals surface area contributed by atoms with Crippen molar-refractivity contribution in [2.24, 2.45) is 0 Å². The summed E-state index contributed by atoms with van der Waals surface area (Å²) in [6, 6.07) is 8.36. The summed E-state index contributed by atoms with van der Waals surface area (Å²) < 4.78 is 0. The molecule has 90 valence electrons. The maximum Gasteiger partial charge on any atom is 0.234 e. The maximum absolute atomic E-state index is 12.0. The molecule has 1 aliphatic carbocycles. The van der Waals surface area contributed by atoms with Gasteiger partial charge in [0.15, 0.2) is 0 Å². The Morgan fingerprint density at radius 1 is 1.35 bits per heavy atom. The van der Waals surface area contributed by atoms with Crippen LogP contribution in [0.25, 0.3) is 0 Å². The highest BCUT2D eigenvalue weighted by atomic mass is 32.2. The number of hydrogen-bond donors (Lipinski definition) is 2. The third-order valence-electron chi connectivity index (χ3n) is 3.40. The predicted octanol–water partition coefficient (Wildman–Crippen LogP) is 1.34. The standard InChI is InChI=1S/C13H15NO2S/c15-10-6-9(7-10)14-13(16)12-5-8-3-1-2-4-11(8)17-12/h1-4,9-10,12,15H,5-7H2,(H,14,16). The summed E-state index contributed by atoms with van der Waals surface area (Å²) >= 11 is 1.65. The van der Waals surface area contributed by atoms with Gasteiger partial charge in [0.25, 0.3) is 0 Å². The molecule has 1 atom stereocenters. The van der Waals surface area contributed by atoms with E-state index in [1.165, 1.54) is 10.5 Å². The lowest BCUT2D eigenvalue weighted by atomic mass is 9.89. The molecule has 0 aromatic heterocycles. The van der Waals surface area contributed by atoms with Crippen LogP contribution in [0.5, 0.6) is 0 Å². The van der Waals surface area contributed by atoms with Gasteiger partial charge in [-0.1, -0.05) is 18.2 Å². The quantitative estimate of drug-likeness (QED) is 0.831. The largest absolute Gasteiger partial charge is 0.393 e. The van der Waals surface area contributed by atoms with Crippen LogP contribution in [0.15, 0.2) is 29.2 Å². The first kappa shape index (κ1) is 11.1.